The molecule has 0 aliphatic heterocycles. The number of rotatable bonds is 6. The molecule has 2 N–H and O–H groups in total. The number of allylic oxidation sites excluding steroid dienone is 1. The number of carbonyl (C=O) groups is 2. The maximum atomic E-state index is 11.1. The van der Waals surface area contributed by atoms with Gasteiger partial charge < -0.3 is 10.4 Å². The summed E-state index contributed by atoms with van der Waals surface area (Å²) in [5, 5.41) is 11.0. The standard InChI is InChI=1S/C10H13NO3/c1-3-5-7-9(12)11-8(6-4-2)10(13)14/h2-3,8H,1,5-7H2,(H,11,12)(H,13,14). The number of aliphatic carboxylic acids is 1. The van der Waals surface area contributed by atoms with Gasteiger partial charge in [-0.25, -0.2) is 4.79 Å². The molecule has 0 spiro atoms. The van der Waals surface area contributed by atoms with Crippen LogP contribution in [-0.2, 0) is 9.59 Å². The first-order chi connectivity index (χ1) is 6.61. The van der Waals surface area contributed by atoms with E-state index < -0.39 is 12.0 Å². The molecule has 0 aromatic carbocycles. The van der Waals surface area contributed by atoms with E-state index in [1.807, 2.05) is 0 Å². The number of nitrogens with one attached hydrogen (secondary N) is 1. The van der Waals surface area contributed by atoms with Gasteiger partial charge in [-0.3, -0.25) is 4.79 Å². The van der Waals surface area contributed by atoms with Crippen molar-refractivity contribution in [3.8, 4) is 12.3 Å². The molecule has 0 heterocycles. The van der Waals surface area contributed by atoms with E-state index in [0.717, 1.165) is 0 Å². The molecule has 14 heavy (non-hydrogen) atoms. The van der Waals surface area contributed by atoms with E-state index in [2.05, 4.69) is 17.8 Å². The van der Waals surface area contributed by atoms with Crippen molar-refractivity contribution in [1.29, 1.82) is 0 Å². The SMILES string of the molecule is C#CCC(NC(=O)CCC=C)C(=O)O. The average molecular weight is 195 g/mol. The molecule has 1 atom stereocenters. The van der Waals surface area contributed by atoms with Crippen molar-refractivity contribution in [2.24, 2.45) is 0 Å². The van der Waals surface area contributed by atoms with Crippen LogP contribution in [0.1, 0.15) is 19.3 Å². The van der Waals surface area contributed by atoms with Gasteiger partial charge in [0.2, 0.25) is 5.91 Å². The van der Waals surface area contributed by atoms with Gasteiger partial charge >= 0.3 is 5.97 Å². The monoisotopic (exact) mass is 195 g/mol. The second-order valence-corrected chi connectivity index (χ2v) is 2.69. The summed E-state index contributed by atoms with van der Waals surface area (Å²) in [5.41, 5.74) is 0. The van der Waals surface area contributed by atoms with Crippen molar-refractivity contribution in [2.45, 2.75) is 25.3 Å². The van der Waals surface area contributed by atoms with Crippen molar-refractivity contribution >= 4 is 11.9 Å². The molecule has 0 rings (SSSR count). The molecule has 0 bridgehead atoms. The lowest BCUT2D eigenvalue weighted by Gasteiger charge is -2.10. The second-order valence-electron chi connectivity index (χ2n) is 2.69. The fraction of sp³-hybridized carbons (Fsp3) is 0.400. The molecule has 0 aromatic rings. The number of carboxylic acids is 1. The highest BCUT2D eigenvalue weighted by molar-refractivity contribution is 5.83. The summed E-state index contributed by atoms with van der Waals surface area (Å²) < 4.78 is 0. The first-order valence-electron chi connectivity index (χ1n) is 4.18. The predicted molar refractivity (Wildman–Crippen MR) is 52.4 cm³/mol. The highest BCUT2D eigenvalue weighted by Gasteiger charge is 2.17. The molecule has 1 amide bonds. The highest BCUT2D eigenvalue weighted by Crippen LogP contribution is 1.94. The van der Waals surface area contributed by atoms with Crippen LogP contribution < -0.4 is 5.32 Å². The Labute approximate surface area is 83.0 Å². The number of carbonyl (C=O) groups excluding carboxylic acids is 1. The Morgan fingerprint density at radius 1 is 1.64 bits per heavy atom. The fourth-order valence-electron chi connectivity index (χ4n) is 0.818. The maximum Gasteiger partial charge on any atom is 0.327 e. The van der Waals surface area contributed by atoms with Gasteiger partial charge in [0, 0.05) is 12.8 Å². The van der Waals surface area contributed by atoms with Gasteiger partial charge in [-0.2, -0.15) is 0 Å². The van der Waals surface area contributed by atoms with Crippen molar-refractivity contribution in [2.75, 3.05) is 0 Å². The molecular weight excluding hydrogens is 182 g/mol. The molecule has 0 fully saturated rings. The van der Waals surface area contributed by atoms with Crippen LogP contribution in [0.2, 0.25) is 0 Å². The molecule has 4 nitrogen and oxygen atoms in total. The van der Waals surface area contributed by atoms with Gasteiger partial charge in [0.1, 0.15) is 6.04 Å². The third kappa shape index (κ3) is 4.99. The van der Waals surface area contributed by atoms with Crippen LogP contribution in [0.3, 0.4) is 0 Å². The molecule has 0 aliphatic carbocycles. The minimum atomic E-state index is -1.12. The van der Waals surface area contributed by atoms with Gasteiger partial charge in [0.15, 0.2) is 0 Å². The van der Waals surface area contributed by atoms with E-state index in [-0.39, 0.29) is 18.7 Å². The summed E-state index contributed by atoms with van der Waals surface area (Å²) >= 11 is 0. The Kier molecular flexibility index (Phi) is 5.88. The van der Waals surface area contributed by atoms with Crippen molar-refractivity contribution in [1.82, 2.24) is 5.32 Å². The summed E-state index contributed by atoms with van der Waals surface area (Å²) in [7, 11) is 0. The average Bonchev–Trinajstić information content (AvgIpc) is 2.14. The van der Waals surface area contributed by atoms with Crippen molar-refractivity contribution in [3.63, 3.8) is 0 Å². The van der Waals surface area contributed by atoms with E-state index in [1.165, 1.54) is 0 Å². The zero-order chi connectivity index (χ0) is 11.0. The van der Waals surface area contributed by atoms with Crippen molar-refractivity contribution in [3.05, 3.63) is 12.7 Å². The molecular formula is C10H13NO3. The quantitative estimate of drug-likeness (QED) is 0.480. The second kappa shape index (κ2) is 6.72. The third-order valence-electron chi connectivity index (χ3n) is 1.53. The molecule has 0 aliphatic rings. The molecule has 4 heteroatoms. The Bertz CT molecular complexity index is 265. The molecule has 1 unspecified atom stereocenters. The van der Waals surface area contributed by atoms with E-state index >= 15 is 0 Å². The molecule has 0 saturated carbocycles. The van der Waals surface area contributed by atoms with Crippen LogP contribution in [0.15, 0.2) is 12.7 Å². The Balaban J connectivity index is 4.03. The van der Waals surface area contributed by atoms with Crippen LogP contribution in [-0.4, -0.2) is 23.0 Å². The van der Waals surface area contributed by atoms with Gasteiger partial charge in [0.25, 0.3) is 0 Å². The zero-order valence-corrected chi connectivity index (χ0v) is 7.82. The normalized spacial score (nSPS) is 11.1. The van der Waals surface area contributed by atoms with Crippen LogP contribution in [0, 0.1) is 12.3 Å². The van der Waals surface area contributed by atoms with Gasteiger partial charge in [-0.15, -0.1) is 18.9 Å². The molecule has 76 valence electrons. The molecule has 0 aromatic heterocycles. The van der Waals surface area contributed by atoms with E-state index in [0.29, 0.717) is 6.42 Å². The first kappa shape index (κ1) is 12.2. The van der Waals surface area contributed by atoms with Crippen LogP contribution in [0.5, 0.6) is 0 Å². The third-order valence-corrected chi connectivity index (χ3v) is 1.53. The number of carboxylic acid groups (broad SMARTS) is 1. The van der Waals surface area contributed by atoms with E-state index in [4.69, 9.17) is 11.5 Å². The van der Waals surface area contributed by atoms with Gasteiger partial charge in [0.05, 0.1) is 0 Å². The predicted octanol–water partition coefficient (Wildman–Crippen LogP) is 0.545. The lowest BCUT2D eigenvalue weighted by Crippen LogP contribution is -2.40. The minimum absolute atomic E-state index is 0.00480. The summed E-state index contributed by atoms with van der Waals surface area (Å²) in [5.74, 6) is 0.753. The largest absolute Gasteiger partial charge is 0.480 e. The smallest absolute Gasteiger partial charge is 0.327 e. The maximum absolute atomic E-state index is 11.1. The van der Waals surface area contributed by atoms with E-state index in [1.54, 1.807) is 6.08 Å². The number of terminal acetylenes is 1. The lowest BCUT2D eigenvalue weighted by atomic mass is 10.2. The Morgan fingerprint density at radius 2 is 2.29 bits per heavy atom. The topological polar surface area (TPSA) is 66.4 Å². The van der Waals surface area contributed by atoms with Crippen LogP contribution in [0.25, 0.3) is 0 Å². The number of hydrogen-bond donors (Lipinski definition) is 2. The van der Waals surface area contributed by atoms with E-state index in [9.17, 15) is 9.59 Å². The minimum Gasteiger partial charge on any atom is -0.480 e. The highest BCUT2D eigenvalue weighted by atomic mass is 16.4. The van der Waals surface area contributed by atoms with Gasteiger partial charge in [-0.05, 0) is 6.42 Å². The summed E-state index contributed by atoms with van der Waals surface area (Å²) in [6, 6.07) is -0.989. The fourth-order valence-corrected chi connectivity index (χ4v) is 0.818. The first-order valence-corrected chi connectivity index (χ1v) is 4.18. The summed E-state index contributed by atoms with van der Waals surface area (Å²) in [6.45, 7) is 3.45. The molecule has 0 saturated heterocycles. The zero-order valence-electron chi connectivity index (χ0n) is 7.82. The lowest BCUT2D eigenvalue weighted by molar-refractivity contribution is -0.141. The number of amides is 1. The van der Waals surface area contributed by atoms with Gasteiger partial charge in [-0.1, -0.05) is 6.08 Å². The van der Waals surface area contributed by atoms with Crippen molar-refractivity contribution < 1.29 is 14.7 Å². The van der Waals surface area contributed by atoms with Crippen LogP contribution in [0.4, 0.5) is 0 Å². The Morgan fingerprint density at radius 3 is 2.71 bits per heavy atom. The number of hydrogen-bond acceptors (Lipinski definition) is 2. The van der Waals surface area contributed by atoms with Crippen LogP contribution >= 0.6 is 0 Å². The Hall–Kier alpha value is -1.76. The molecule has 0 radical (unpaired) electrons. The summed E-state index contributed by atoms with van der Waals surface area (Å²) in [6.07, 6.45) is 7.31. The summed E-state index contributed by atoms with van der Waals surface area (Å²) in [4.78, 5) is 21.7.